The third-order valence-corrected chi connectivity index (χ3v) is 3.72. The number of hydroxylamine groups is 1. The largest absolute Gasteiger partial charge is 0.506 e. The quantitative estimate of drug-likeness (QED) is 0.288. The van der Waals surface area contributed by atoms with E-state index in [0.29, 0.717) is 24.3 Å². The van der Waals surface area contributed by atoms with Gasteiger partial charge in [0, 0.05) is 24.8 Å². The molecule has 0 aliphatic carbocycles. The highest BCUT2D eigenvalue weighted by atomic mass is 16.7. The van der Waals surface area contributed by atoms with E-state index in [0.717, 1.165) is 22.6 Å². The molecular weight excluding hydrogens is 342 g/mol. The lowest BCUT2D eigenvalue weighted by atomic mass is 10.1. The van der Waals surface area contributed by atoms with Crippen molar-refractivity contribution in [3.8, 4) is 17.2 Å². The lowest BCUT2D eigenvalue weighted by Crippen LogP contribution is -2.14. The van der Waals surface area contributed by atoms with Crippen molar-refractivity contribution in [3.05, 3.63) is 46.8 Å². The van der Waals surface area contributed by atoms with Gasteiger partial charge in [0.05, 0.1) is 12.3 Å². The highest BCUT2D eigenvalue weighted by molar-refractivity contribution is 5.44. The first-order valence-electron chi connectivity index (χ1n) is 7.80. The Hall–Kier alpha value is -2.88. The SMILES string of the molecule is Cc1ncc(CNCc2ccc3c(c2)OCO3)c(CO)c1O.O=CNO. The zero-order chi connectivity index (χ0) is 18.9. The topological polar surface area (TPSA) is 133 Å². The predicted octanol–water partition coefficient (Wildman–Crippen LogP) is 0.728. The van der Waals surface area contributed by atoms with Gasteiger partial charge >= 0.3 is 0 Å². The highest BCUT2D eigenvalue weighted by Crippen LogP contribution is 2.32. The first-order valence-corrected chi connectivity index (χ1v) is 7.80. The summed E-state index contributed by atoms with van der Waals surface area (Å²) in [4.78, 5) is 12.9. The number of ether oxygens (including phenoxy) is 2. The molecule has 1 aliphatic heterocycles. The number of hydrogen-bond donors (Lipinski definition) is 5. The fourth-order valence-corrected chi connectivity index (χ4v) is 2.41. The summed E-state index contributed by atoms with van der Waals surface area (Å²) in [6.45, 7) is 2.90. The molecule has 0 fully saturated rings. The number of nitrogens with one attached hydrogen (secondary N) is 2. The zero-order valence-corrected chi connectivity index (χ0v) is 14.2. The van der Waals surface area contributed by atoms with Gasteiger partial charge in [0.25, 0.3) is 0 Å². The summed E-state index contributed by atoms with van der Waals surface area (Å²) in [5.41, 5.74) is 4.14. The minimum atomic E-state index is -0.212. The number of rotatable bonds is 6. The smallest absolute Gasteiger partial charge is 0.231 e. The summed E-state index contributed by atoms with van der Waals surface area (Å²) in [6, 6.07) is 5.79. The van der Waals surface area contributed by atoms with Crippen LogP contribution in [-0.2, 0) is 24.5 Å². The molecule has 0 spiro atoms. The second-order valence-electron chi connectivity index (χ2n) is 5.39. The van der Waals surface area contributed by atoms with Crippen molar-refractivity contribution in [2.75, 3.05) is 6.79 Å². The molecule has 0 radical (unpaired) electrons. The Kier molecular flexibility index (Phi) is 7.15. The average Bonchev–Trinajstić information content (AvgIpc) is 3.13. The number of aliphatic hydroxyl groups is 1. The Labute approximate surface area is 150 Å². The molecule has 1 amide bonds. The fraction of sp³-hybridized carbons (Fsp3) is 0.294. The van der Waals surface area contributed by atoms with Crippen LogP contribution in [0.25, 0.3) is 0 Å². The van der Waals surface area contributed by atoms with E-state index in [-0.39, 0.29) is 25.6 Å². The summed E-state index contributed by atoms with van der Waals surface area (Å²) in [5, 5.41) is 29.8. The van der Waals surface area contributed by atoms with Crippen molar-refractivity contribution in [1.29, 1.82) is 0 Å². The maximum Gasteiger partial charge on any atom is 0.231 e. The summed E-state index contributed by atoms with van der Waals surface area (Å²) in [6.07, 6.45) is 1.85. The van der Waals surface area contributed by atoms with Crippen LogP contribution >= 0.6 is 0 Å². The van der Waals surface area contributed by atoms with Gasteiger partial charge in [0.2, 0.25) is 13.2 Å². The molecule has 5 N–H and O–H groups in total. The van der Waals surface area contributed by atoms with Crippen LogP contribution in [0.5, 0.6) is 17.2 Å². The molecule has 9 nitrogen and oxygen atoms in total. The van der Waals surface area contributed by atoms with E-state index in [1.807, 2.05) is 18.2 Å². The molecule has 1 aliphatic rings. The van der Waals surface area contributed by atoms with E-state index in [9.17, 15) is 10.2 Å². The molecule has 3 rings (SSSR count). The van der Waals surface area contributed by atoms with E-state index < -0.39 is 0 Å². The van der Waals surface area contributed by atoms with Gasteiger partial charge in [-0.05, 0) is 30.2 Å². The van der Waals surface area contributed by atoms with Crippen LogP contribution in [0.3, 0.4) is 0 Å². The maximum atomic E-state index is 9.92. The van der Waals surface area contributed by atoms with Gasteiger partial charge < -0.3 is 25.0 Å². The van der Waals surface area contributed by atoms with E-state index >= 15 is 0 Å². The number of hydrogen-bond acceptors (Lipinski definition) is 8. The Morgan fingerprint density at radius 2 is 2.00 bits per heavy atom. The van der Waals surface area contributed by atoms with E-state index in [1.54, 1.807) is 13.1 Å². The van der Waals surface area contributed by atoms with E-state index in [1.165, 1.54) is 5.48 Å². The molecule has 26 heavy (non-hydrogen) atoms. The van der Waals surface area contributed by atoms with Crippen LogP contribution in [0, 0.1) is 6.92 Å². The number of aliphatic hydroxyl groups excluding tert-OH is 1. The number of aromatic hydroxyl groups is 1. The monoisotopic (exact) mass is 363 g/mol. The number of aromatic nitrogens is 1. The van der Waals surface area contributed by atoms with Crippen molar-refractivity contribution in [1.82, 2.24) is 15.8 Å². The van der Waals surface area contributed by atoms with Crippen molar-refractivity contribution < 1.29 is 29.7 Å². The molecule has 0 atom stereocenters. The second kappa shape index (κ2) is 9.56. The van der Waals surface area contributed by atoms with Gasteiger partial charge in [-0.1, -0.05) is 6.07 Å². The van der Waals surface area contributed by atoms with Gasteiger partial charge in [-0.25, -0.2) is 5.48 Å². The summed E-state index contributed by atoms with van der Waals surface area (Å²) in [5.74, 6) is 1.58. The van der Waals surface area contributed by atoms with Crippen LogP contribution in [0.4, 0.5) is 0 Å². The van der Waals surface area contributed by atoms with E-state index in [2.05, 4.69) is 10.3 Å². The Bertz CT molecular complexity index is 754. The Morgan fingerprint density at radius 3 is 2.69 bits per heavy atom. The number of fused-ring (bicyclic) bond motifs is 1. The lowest BCUT2D eigenvalue weighted by Gasteiger charge is -2.12. The molecule has 0 unspecified atom stereocenters. The second-order valence-corrected chi connectivity index (χ2v) is 5.39. The normalized spacial score (nSPS) is 11.5. The van der Waals surface area contributed by atoms with Crippen LogP contribution in [0.2, 0.25) is 0 Å². The third-order valence-electron chi connectivity index (χ3n) is 3.72. The number of amides is 1. The van der Waals surface area contributed by atoms with Crippen LogP contribution in [-0.4, -0.2) is 33.6 Å². The fourth-order valence-electron chi connectivity index (χ4n) is 2.41. The standard InChI is InChI=1S/C16H18N2O4.CH3NO2/c1-10-16(20)13(8-19)12(7-18-10)6-17-5-11-2-3-14-15(4-11)22-9-21-14;3-1-2-4/h2-4,7,17,19-20H,5-6,8-9H2,1H3;1,4H,(H,2,3). The molecule has 2 aromatic rings. The lowest BCUT2D eigenvalue weighted by molar-refractivity contribution is -0.116. The van der Waals surface area contributed by atoms with Crippen LogP contribution in [0.15, 0.2) is 24.4 Å². The summed E-state index contributed by atoms with van der Waals surface area (Å²) >= 11 is 0. The molecular formula is C17H21N3O6. The zero-order valence-electron chi connectivity index (χ0n) is 14.2. The number of carbonyl (C=O) groups excluding carboxylic acids is 1. The molecule has 2 heterocycles. The van der Waals surface area contributed by atoms with E-state index in [4.69, 9.17) is 19.5 Å². The molecule has 9 heteroatoms. The number of pyridine rings is 1. The third kappa shape index (κ3) is 4.82. The average molecular weight is 363 g/mol. The van der Waals surface area contributed by atoms with Crippen molar-refractivity contribution in [3.63, 3.8) is 0 Å². The first kappa shape index (κ1) is 19.4. The molecule has 0 saturated carbocycles. The molecule has 0 bridgehead atoms. The van der Waals surface area contributed by atoms with Crippen molar-refractivity contribution in [2.45, 2.75) is 26.6 Å². The summed E-state index contributed by atoms with van der Waals surface area (Å²) < 4.78 is 10.6. The number of nitrogens with zero attached hydrogens (tertiary/aromatic N) is 1. The number of aryl methyl sites for hydroxylation is 1. The molecule has 1 aromatic carbocycles. The maximum absolute atomic E-state index is 9.92. The Morgan fingerprint density at radius 1 is 1.27 bits per heavy atom. The van der Waals surface area contributed by atoms with Crippen LogP contribution in [0.1, 0.15) is 22.4 Å². The van der Waals surface area contributed by atoms with Gasteiger partial charge in [0.15, 0.2) is 11.5 Å². The van der Waals surface area contributed by atoms with Gasteiger partial charge in [-0.3, -0.25) is 15.0 Å². The van der Waals surface area contributed by atoms with Gasteiger partial charge in [0.1, 0.15) is 5.75 Å². The summed E-state index contributed by atoms with van der Waals surface area (Å²) in [7, 11) is 0. The molecule has 0 saturated heterocycles. The van der Waals surface area contributed by atoms with Crippen LogP contribution < -0.4 is 20.3 Å². The first-order chi connectivity index (χ1) is 12.6. The minimum Gasteiger partial charge on any atom is -0.506 e. The van der Waals surface area contributed by atoms with Crippen molar-refractivity contribution in [2.24, 2.45) is 0 Å². The Balaban J connectivity index is 0.000000552. The molecule has 1 aromatic heterocycles. The number of benzene rings is 1. The molecule has 140 valence electrons. The predicted molar refractivity (Wildman–Crippen MR) is 90.7 cm³/mol. The minimum absolute atomic E-state index is 0.0601. The van der Waals surface area contributed by atoms with Gasteiger partial charge in [-0.15, -0.1) is 0 Å². The van der Waals surface area contributed by atoms with Crippen molar-refractivity contribution >= 4 is 6.41 Å². The highest BCUT2D eigenvalue weighted by Gasteiger charge is 2.13. The van der Waals surface area contributed by atoms with Gasteiger partial charge in [-0.2, -0.15) is 0 Å². The number of carbonyl (C=O) groups is 1.